The van der Waals surface area contributed by atoms with Crippen LogP contribution in [-0.4, -0.2) is 27.5 Å². The summed E-state index contributed by atoms with van der Waals surface area (Å²) in [7, 11) is 0. The topological polar surface area (TPSA) is 69.0 Å². The molecule has 26 heavy (non-hydrogen) atoms. The second-order valence-electron chi connectivity index (χ2n) is 5.58. The summed E-state index contributed by atoms with van der Waals surface area (Å²) in [5.74, 6) is 0.389. The number of carbonyl (C=O) groups excluding carboxylic acids is 1. The lowest BCUT2D eigenvalue weighted by Crippen LogP contribution is -2.09. The van der Waals surface area contributed by atoms with Crippen molar-refractivity contribution < 1.29 is 9.53 Å². The zero-order chi connectivity index (χ0) is 18.2. The van der Waals surface area contributed by atoms with Gasteiger partial charge in [0.15, 0.2) is 0 Å². The molecule has 0 atom stereocenters. The van der Waals surface area contributed by atoms with Crippen LogP contribution in [-0.2, 0) is 11.3 Å². The number of para-hydroxylation sites is 2. The van der Waals surface area contributed by atoms with Gasteiger partial charge in [-0.05, 0) is 30.7 Å². The number of nitrogens with zero attached hydrogens (tertiary/aromatic N) is 3. The Bertz CT molecular complexity index is 888. The number of rotatable bonds is 7. The van der Waals surface area contributed by atoms with Crippen LogP contribution >= 0.6 is 0 Å². The van der Waals surface area contributed by atoms with Crippen LogP contribution in [0.4, 0.5) is 5.69 Å². The molecule has 0 radical (unpaired) electrons. The van der Waals surface area contributed by atoms with Gasteiger partial charge in [0.05, 0.1) is 25.0 Å². The van der Waals surface area contributed by atoms with Crippen molar-refractivity contribution in [1.29, 1.82) is 0 Å². The second-order valence-corrected chi connectivity index (χ2v) is 5.58. The highest BCUT2D eigenvalue weighted by Gasteiger charge is 2.05. The lowest BCUT2D eigenvalue weighted by Gasteiger charge is -2.09. The maximum Gasteiger partial charge on any atom is 0.248 e. The first-order valence-corrected chi connectivity index (χ1v) is 8.39. The Balaban J connectivity index is 1.60. The fourth-order valence-electron chi connectivity index (χ4n) is 2.42. The summed E-state index contributed by atoms with van der Waals surface area (Å²) in [5, 5.41) is 10.9. The summed E-state index contributed by atoms with van der Waals surface area (Å²) >= 11 is 0. The molecule has 1 aromatic heterocycles. The number of hydrogen-bond donors (Lipinski definition) is 1. The van der Waals surface area contributed by atoms with Crippen LogP contribution in [0.2, 0.25) is 0 Å². The number of benzene rings is 2. The van der Waals surface area contributed by atoms with E-state index < -0.39 is 0 Å². The fraction of sp³-hybridized carbons (Fsp3) is 0.150. The minimum Gasteiger partial charge on any atom is -0.492 e. The van der Waals surface area contributed by atoms with Crippen LogP contribution in [0.3, 0.4) is 0 Å². The van der Waals surface area contributed by atoms with E-state index in [4.69, 9.17) is 4.74 Å². The molecule has 0 spiro atoms. The van der Waals surface area contributed by atoms with Gasteiger partial charge in [0.25, 0.3) is 0 Å². The van der Waals surface area contributed by atoms with Gasteiger partial charge in [0.2, 0.25) is 5.91 Å². The predicted molar refractivity (Wildman–Crippen MR) is 101 cm³/mol. The largest absolute Gasteiger partial charge is 0.492 e. The molecule has 0 aliphatic heterocycles. The van der Waals surface area contributed by atoms with Crippen molar-refractivity contribution in [2.24, 2.45) is 0 Å². The van der Waals surface area contributed by atoms with Crippen LogP contribution in [0.1, 0.15) is 18.2 Å². The van der Waals surface area contributed by atoms with Gasteiger partial charge < -0.3 is 10.1 Å². The number of carbonyl (C=O) groups is 1. The van der Waals surface area contributed by atoms with Crippen LogP contribution < -0.4 is 10.1 Å². The van der Waals surface area contributed by atoms with Crippen molar-refractivity contribution in [1.82, 2.24) is 15.0 Å². The first-order chi connectivity index (χ1) is 12.7. The summed E-state index contributed by atoms with van der Waals surface area (Å²) in [5.41, 5.74) is 2.39. The maximum atomic E-state index is 12.1. The molecule has 0 fully saturated rings. The van der Waals surface area contributed by atoms with Gasteiger partial charge in [0, 0.05) is 6.08 Å². The molecule has 0 saturated heterocycles. The third-order valence-corrected chi connectivity index (χ3v) is 3.59. The molecular formula is C20H20N4O2. The van der Waals surface area contributed by atoms with Gasteiger partial charge in [0.1, 0.15) is 11.4 Å². The van der Waals surface area contributed by atoms with E-state index in [1.807, 2.05) is 55.5 Å². The number of nitrogens with one attached hydrogen (secondary N) is 1. The van der Waals surface area contributed by atoms with E-state index in [-0.39, 0.29) is 5.91 Å². The van der Waals surface area contributed by atoms with E-state index in [0.717, 1.165) is 5.56 Å². The van der Waals surface area contributed by atoms with E-state index in [9.17, 15) is 4.79 Å². The Labute approximate surface area is 152 Å². The summed E-state index contributed by atoms with van der Waals surface area (Å²) in [6.07, 6.45) is 4.86. The molecule has 6 heteroatoms. The molecule has 0 aliphatic carbocycles. The van der Waals surface area contributed by atoms with Gasteiger partial charge in [-0.1, -0.05) is 47.7 Å². The van der Waals surface area contributed by atoms with Gasteiger partial charge in [-0.3, -0.25) is 4.79 Å². The minimum absolute atomic E-state index is 0.255. The average molecular weight is 348 g/mol. The standard InChI is InChI=1S/C20H20N4O2/c1-2-26-19-11-7-6-10-18(19)21-20(25)13-12-17-15-24(23-22-17)14-16-8-4-3-5-9-16/h3-13,15H,2,14H2,1H3,(H,21,25)/b13-12+. The van der Waals surface area contributed by atoms with Crippen LogP contribution in [0, 0.1) is 0 Å². The molecule has 0 bridgehead atoms. The number of aromatic nitrogens is 3. The molecule has 0 unspecified atom stereocenters. The average Bonchev–Trinajstić information content (AvgIpc) is 3.10. The molecule has 3 rings (SSSR count). The summed E-state index contributed by atoms with van der Waals surface area (Å²) < 4.78 is 7.23. The van der Waals surface area contributed by atoms with E-state index in [2.05, 4.69) is 15.6 Å². The Kier molecular flexibility index (Phi) is 5.77. The van der Waals surface area contributed by atoms with E-state index in [1.54, 1.807) is 23.0 Å². The summed E-state index contributed by atoms with van der Waals surface area (Å²) in [4.78, 5) is 12.1. The quantitative estimate of drug-likeness (QED) is 0.665. The van der Waals surface area contributed by atoms with Gasteiger partial charge >= 0.3 is 0 Å². The molecule has 1 N–H and O–H groups in total. The van der Waals surface area contributed by atoms with Gasteiger partial charge in [-0.2, -0.15) is 0 Å². The SMILES string of the molecule is CCOc1ccccc1NC(=O)/C=C/c1cn(Cc2ccccc2)nn1. The number of ether oxygens (including phenoxy) is 1. The van der Waals surface area contributed by atoms with Crippen molar-refractivity contribution in [3.05, 3.63) is 78.1 Å². The summed E-state index contributed by atoms with van der Waals surface area (Å²) in [6, 6.07) is 17.3. The molecule has 0 aliphatic rings. The molecule has 2 aromatic carbocycles. The first kappa shape index (κ1) is 17.4. The Hall–Kier alpha value is -3.41. The minimum atomic E-state index is -0.255. The van der Waals surface area contributed by atoms with Gasteiger partial charge in [-0.15, -0.1) is 5.10 Å². The smallest absolute Gasteiger partial charge is 0.248 e. The van der Waals surface area contributed by atoms with Crippen LogP contribution in [0.25, 0.3) is 6.08 Å². The molecule has 132 valence electrons. The second kappa shape index (κ2) is 8.62. The normalized spacial score (nSPS) is 10.8. The first-order valence-electron chi connectivity index (χ1n) is 8.39. The lowest BCUT2D eigenvalue weighted by molar-refractivity contribution is -0.111. The molecule has 6 nitrogen and oxygen atoms in total. The van der Waals surface area contributed by atoms with E-state index >= 15 is 0 Å². The molecule has 1 heterocycles. The van der Waals surface area contributed by atoms with Crippen LogP contribution in [0.5, 0.6) is 5.75 Å². The molecule has 3 aromatic rings. The van der Waals surface area contributed by atoms with Crippen molar-refractivity contribution in [3.63, 3.8) is 0 Å². The molecule has 0 saturated carbocycles. The zero-order valence-corrected chi connectivity index (χ0v) is 14.5. The third-order valence-electron chi connectivity index (χ3n) is 3.59. The number of anilines is 1. The van der Waals surface area contributed by atoms with E-state index in [0.29, 0.717) is 30.3 Å². The zero-order valence-electron chi connectivity index (χ0n) is 14.5. The highest BCUT2D eigenvalue weighted by atomic mass is 16.5. The van der Waals surface area contributed by atoms with E-state index in [1.165, 1.54) is 6.08 Å². The third kappa shape index (κ3) is 4.80. The predicted octanol–water partition coefficient (Wildman–Crippen LogP) is 3.38. The monoisotopic (exact) mass is 348 g/mol. The maximum absolute atomic E-state index is 12.1. The fourth-order valence-corrected chi connectivity index (χ4v) is 2.42. The number of amides is 1. The van der Waals surface area contributed by atoms with Crippen molar-refractivity contribution in [3.8, 4) is 5.75 Å². The van der Waals surface area contributed by atoms with Crippen molar-refractivity contribution in [2.75, 3.05) is 11.9 Å². The Morgan fingerprint density at radius 3 is 2.73 bits per heavy atom. The Morgan fingerprint density at radius 2 is 1.92 bits per heavy atom. The highest BCUT2D eigenvalue weighted by molar-refractivity contribution is 6.02. The van der Waals surface area contributed by atoms with Crippen molar-refractivity contribution in [2.45, 2.75) is 13.5 Å². The number of hydrogen-bond acceptors (Lipinski definition) is 4. The van der Waals surface area contributed by atoms with Gasteiger partial charge in [-0.25, -0.2) is 4.68 Å². The van der Waals surface area contributed by atoms with Crippen molar-refractivity contribution >= 4 is 17.7 Å². The lowest BCUT2D eigenvalue weighted by atomic mass is 10.2. The molecular weight excluding hydrogens is 328 g/mol. The van der Waals surface area contributed by atoms with Crippen LogP contribution in [0.15, 0.2) is 66.9 Å². The Morgan fingerprint density at radius 1 is 1.15 bits per heavy atom. The highest BCUT2D eigenvalue weighted by Crippen LogP contribution is 2.23. The molecule has 1 amide bonds. The summed E-state index contributed by atoms with van der Waals surface area (Å²) in [6.45, 7) is 3.07.